The van der Waals surface area contributed by atoms with Gasteiger partial charge in [0, 0.05) is 38.8 Å². The third kappa shape index (κ3) is 7.54. The molecular formula is C22H29F2IN4. The summed E-state index contributed by atoms with van der Waals surface area (Å²) >= 11 is 0. The molecule has 4 nitrogen and oxygen atoms in total. The molecule has 1 aliphatic rings. The minimum Gasteiger partial charge on any atom is -0.356 e. The summed E-state index contributed by atoms with van der Waals surface area (Å²) in [6, 6.07) is 14.0. The molecule has 2 N–H and O–H groups in total. The van der Waals surface area contributed by atoms with E-state index in [1.807, 2.05) is 6.07 Å². The molecule has 1 unspecified atom stereocenters. The number of nitrogens with zero attached hydrogens (tertiary/aromatic N) is 2. The maximum absolute atomic E-state index is 13.7. The van der Waals surface area contributed by atoms with Crippen LogP contribution in [0.2, 0.25) is 0 Å². The summed E-state index contributed by atoms with van der Waals surface area (Å²) in [4.78, 5) is 6.67. The van der Waals surface area contributed by atoms with Gasteiger partial charge in [0.05, 0.1) is 0 Å². The fourth-order valence-corrected chi connectivity index (χ4v) is 3.53. The minimum atomic E-state index is -0.442. The molecule has 0 spiro atoms. The summed E-state index contributed by atoms with van der Waals surface area (Å²) in [6.45, 7) is 4.26. The molecule has 158 valence electrons. The second-order valence-electron chi connectivity index (χ2n) is 7.23. The third-order valence-electron chi connectivity index (χ3n) is 5.17. The van der Waals surface area contributed by atoms with Gasteiger partial charge in [-0.1, -0.05) is 30.3 Å². The van der Waals surface area contributed by atoms with Crippen LogP contribution in [0.5, 0.6) is 0 Å². The topological polar surface area (TPSA) is 39.7 Å². The summed E-state index contributed by atoms with van der Waals surface area (Å²) in [5.74, 6) is 0.295. The lowest BCUT2D eigenvalue weighted by Crippen LogP contribution is -2.40. The van der Waals surface area contributed by atoms with Crippen LogP contribution in [0.1, 0.15) is 17.5 Å². The number of guanidine groups is 1. The van der Waals surface area contributed by atoms with Crippen molar-refractivity contribution in [2.75, 3.05) is 33.2 Å². The number of aliphatic imine (C=N–C) groups is 1. The van der Waals surface area contributed by atoms with Crippen LogP contribution in [0.3, 0.4) is 0 Å². The first-order valence-electron chi connectivity index (χ1n) is 9.79. The SMILES string of the molecule is CN=C(NCc1cc(F)ccc1F)NCC1CCN(CCc2ccccc2)C1.I. The molecule has 0 amide bonds. The number of likely N-dealkylation sites (tertiary alicyclic amines) is 1. The van der Waals surface area contributed by atoms with Gasteiger partial charge in [0.15, 0.2) is 5.96 Å². The van der Waals surface area contributed by atoms with Crippen LogP contribution >= 0.6 is 24.0 Å². The van der Waals surface area contributed by atoms with Crippen molar-refractivity contribution in [2.24, 2.45) is 10.9 Å². The first-order chi connectivity index (χ1) is 13.6. The Morgan fingerprint density at radius 3 is 2.69 bits per heavy atom. The number of nitrogens with one attached hydrogen (secondary N) is 2. The third-order valence-corrected chi connectivity index (χ3v) is 5.17. The van der Waals surface area contributed by atoms with E-state index in [0.29, 0.717) is 11.9 Å². The molecule has 0 radical (unpaired) electrons. The van der Waals surface area contributed by atoms with Crippen molar-refractivity contribution in [3.05, 3.63) is 71.3 Å². The predicted molar refractivity (Wildman–Crippen MR) is 125 cm³/mol. The van der Waals surface area contributed by atoms with Crippen molar-refractivity contribution < 1.29 is 8.78 Å². The molecule has 7 heteroatoms. The fraction of sp³-hybridized carbons (Fsp3) is 0.409. The summed E-state index contributed by atoms with van der Waals surface area (Å²) in [5, 5.41) is 6.36. The predicted octanol–water partition coefficient (Wildman–Crippen LogP) is 3.81. The highest BCUT2D eigenvalue weighted by atomic mass is 127. The van der Waals surface area contributed by atoms with Crippen molar-refractivity contribution in [1.82, 2.24) is 15.5 Å². The quantitative estimate of drug-likeness (QED) is 0.336. The fourth-order valence-electron chi connectivity index (χ4n) is 3.53. The molecule has 3 rings (SSSR count). The summed E-state index contributed by atoms with van der Waals surface area (Å²) in [7, 11) is 1.68. The number of rotatable bonds is 7. The van der Waals surface area contributed by atoms with E-state index in [2.05, 4.69) is 44.8 Å². The molecule has 1 saturated heterocycles. The second-order valence-corrected chi connectivity index (χ2v) is 7.23. The maximum Gasteiger partial charge on any atom is 0.191 e. The number of hydrogen-bond donors (Lipinski definition) is 2. The molecule has 2 aromatic rings. The van der Waals surface area contributed by atoms with Gasteiger partial charge in [0.2, 0.25) is 0 Å². The van der Waals surface area contributed by atoms with Crippen molar-refractivity contribution in [1.29, 1.82) is 0 Å². The summed E-state index contributed by atoms with van der Waals surface area (Å²) in [6.07, 6.45) is 2.22. The van der Waals surface area contributed by atoms with Crippen LogP contribution in [0.25, 0.3) is 0 Å². The average Bonchev–Trinajstić information content (AvgIpc) is 3.17. The zero-order valence-corrected chi connectivity index (χ0v) is 19.0. The highest BCUT2D eigenvalue weighted by Gasteiger charge is 2.22. The van der Waals surface area contributed by atoms with Crippen LogP contribution < -0.4 is 10.6 Å². The number of halogens is 3. The van der Waals surface area contributed by atoms with Crippen LogP contribution in [0.15, 0.2) is 53.5 Å². The van der Waals surface area contributed by atoms with Gasteiger partial charge in [0.1, 0.15) is 11.6 Å². The largest absolute Gasteiger partial charge is 0.356 e. The molecule has 0 saturated carbocycles. The molecule has 1 aliphatic heterocycles. The van der Waals surface area contributed by atoms with Crippen molar-refractivity contribution in [3.8, 4) is 0 Å². The maximum atomic E-state index is 13.7. The lowest BCUT2D eigenvalue weighted by atomic mass is 10.1. The van der Waals surface area contributed by atoms with Crippen LogP contribution in [0, 0.1) is 17.6 Å². The number of benzene rings is 2. The first kappa shape index (κ1) is 23.5. The van der Waals surface area contributed by atoms with E-state index in [9.17, 15) is 8.78 Å². The Bertz CT molecular complexity index is 786. The molecule has 0 aliphatic carbocycles. The van der Waals surface area contributed by atoms with Gasteiger partial charge >= 0.3 is 0 Å². The highest BCUT2D eigenvalue weighted by Crippen LogP contribution is 2.16. The van der Waals surface area contributed by atoms with Gasteiger partial charge < -0.3 is 15.5 Å². The van der Waals surface area contributed by atoms with Crippen molar-refractivity contribution in [2.45, 2.75) is 19.4 Å². The monoisotopic (exact) mass is 514 g/mol. The van der Waals surface area contributed by atoms with Gasteiger partial charge in [-0.25, -0.2) is 8.78 Å². The molecule has 1 atom stereocenters. The van der Waals surface area contributed by atoms with Gasteiger partial charge in [0.25, 0.3) is 0 Å². The standard InChI is InChI=1S/C22H28F2N4.HI/c1-25-22(27-15-19-13-20(23)7-8-21(19)24)26-14-18-10-12-28(16-18)11-9-17-5-3-2-4-6-17;/h2-8,13,18H,9-12,14-16H2,1H3,(H2,25,26,27);1H. The Hall–Kier alpha value is -1.74. The van der Waals surface area contributed by atoms with E-state index in [1.54, 1.807) is 7.05 Å². The van der Waals surface area contributed by atoms with E-state index < -0.39 is 11.6 Å². The van der Waals surface area contributed by atoms with E-state index in [0.717, 1.165) is 51.2 Å². The molecule has 0 bridgehead atoms. The van der Waals surface area contributed by atoms with E-state index in [-0.39, 0.29) is 36.1 Å². The zero-order chi connectivity index (χ0) is 19.8. The Balaban J connectivity index is 0.00000300. The lowest BCUT2D eigenvalue weighted by Gasteiger charge is -2.17. The highest BCUT2D eigenvalue weighted by molar-refractivity contribution is 14.0. The Morgan fingerprint density at radius 2 is 1.93 bits per heavy atom. The van der Waals surface area contributed by atoms with Gasteiger partial charge in [-0.2, -0.15) is 0 Å². The molecule has 2 aromatic carbocycles. The smallest absolute Gasteiger partial charge is 0.191 e. The summed E-state index contributed by atoms with van der Waals surface area (Å²) in [5.41, 5.74) is 1.66. The van der Waals surface area contributed by atoms with Gasteiger partial charge in [-0.05, 0) is 49.1 Å². The van der Waals surface area contributed by atoms with Gasteiger partial charge in [-0.15, -0.1) is 24.0 Å². The number of hydrogen-bond acceptors (Lipinski definition) is 2. The minimum absolute atomic E-state index is 0. The first-order valence-corrected chi connectivity index (χ1v) is 9.79. The Morgan fingerprint density at radius 1 is 1.14 bits per heavy atom. The van der Waals surface area contributed by atoms with Crippen LogP contribution in [-0.4, -0.2) is 44.1 Å². The molecule has 29 heavy (non-hydrogen) atoms. The molecule has 1 fully saturated rings. The lowest BCUT2D eigenvalue weighted by molar-refractivity contribution is 0.328. The van der Waals surface area contributed by atoms with Crippen molar-refractivity contribution in [3.63, 3.8) is 0 Å². The Labute approximate surface area is 188 Å². The summed E-state index contributed by atoms with van der Waals surface area (Å²) < 4.78 is 27.0. The van der Waals surface area contributed by atoms with E-state index in [4.69, 9.17) is 0 Å². The van der Waals surface area contributed by atoms with Crippen LogP contribution in [-0.2, 0) is 13.0 Å². The Kier molecular flexibility index (Phi) is 9.80. The average molecular weight is 514 g/mol. The normalized spacial score (nSPS) is 17.1. The molecule has 1 heterocycles. The van der Waals surface area contributed by atoms with Crippen molar-refractivity contribution >= 4 is 29.9 Å². The molecular weight excluding hydrogens is 485 g/mol. The zero-order valence-electron chi connectivity index (χ0n) is 16.7. The van der Waals surface area contributed by atoms with Gasteiger partial charge in [-0.3, -0.25) is 4.99 Å². The van der Waals surface area contributed by atoms with E-state index >= 15 is 0 Å². The van der Waals surface area contributed by atoms with Crippen LogP contribution in [0.4, 0.5) is 8.78 Å². The van der Waals surface area contributed by atoms with E-state index in [1.165, 1.54) is 11.6 Å². The molecule has 0 aromatic heterocycles. The second kappa shape index (κ2) is 12.1.